The molecule has 0 radical (unpaired) electrons. The summed E-state index contributed by atoms with van der Waals surface area (Å²) in [5.74, 6) is 1.17. The molecule has 0 heterocycles. The van der Waals surface area contributed by atoms with Crippen LogP contribution in [0.1, 0.15) is 16.7 Å². The predicted octanol–water partition coefficient (Wildman–Crippen LogP) is 5.36. The molecule has 1 N–H and O–H groups in total. The summed E-state index contributed by atoms with van der Waals surface area (Å²) < 4.78 is 24.6. The van der Waals surface area contributed by atoms with Crippen LogP contribution < -0.4 is 14.8 Å². The van der Waals surface area contributed by atoms with Gasteiger partial charge in [-0.05, 0) is 47.5 Å². The van der Waals surface area contributed by atoms with Crippen LogP contribution in [0.4, 0.5) is 4.39 Å². The first-order chi connectivity index (χ1) is 13.2. The van der Waals surface area contributed by atoms with Crippen LogP contribution in [0.25, 0.3) is 0 Å². The van der Waals surface area contributed by atoms with Crippen molar-refractivity contribution in [3.63, 3.8) is 0 Å². The summed E-state index contributed by atoms with van der Waals surface area (Å²) >= 11 is 6.01. The van der Waals surface area contributed by atoms with E-state index in [4.69, 9.17) is 21.1 Å². The van der Waals surface area contributed by atoms with Crippen LogP contribution in [0, 0.1) is 5.82 Å². The van der Waals surface area contributed by atoms with E-state index >= 15 is 0 Å². The van der Waals surface area contributed by atoms with E-state index in [1.165, 1.54) is 11.6 Å². The molecule has 0 aromatic heterocycles. The highest BCUT2D eigenvalue weighted by Crippen LogP contribution is 2.21. The Morgan fingerprint density at radius 2 is 1.44 bits per heavy atom. The lowest BCUT2D eigenvalue weighted by molar-refractivity contribution is 0.300. The van der Waals surface area contributed by atoms with Crippen molar-refractivity contribution < 1.29 is 13.9 Å². The molecule has 0 spiro atoms. The molecule has 140 valence electrons. The van der Waals surface area contributed by atoms with Crippen LogP contribution in [0.15, 0.2) is 66.7 Å². The molecule has 27 heavy (non-hydrogen) atoms. The summed E-state index contributed by atoms with van der Waals surface area (Å²) in [5, 5.41) is 3.77. The lowest BCUT2D eigenvalue weighted by Crippen LogP contribution is -2.12. The zero-order valence-corrected chi connectivity index (χ0v) is 15.8. The highest BCUT2D eigenvalue weighted by atomic mass is 35.5. The second-order valence-corrected chi connectivity index (χ2v) is 6.49. The van der Waals surface area contributed by atoms with Crippen molar-refractivity contribution in [1.82, 2.24) is 5.32 Å². The maximum atomic E-state index is 13.8. The first-order valence-corrected chi connectivity index (χ1v) is 9.02. The van der Waals surface area contributed by atoms with E-state index < -0.39 is 0 Å². The first-order valence-electron chi connectivity index (χ1n) is 8.64. The van der Waals surface area contributed by atoms with Gasteiger partial charge < -0.3 is 14.8 Å². The molecule has 3 rings (SSSR count). The molecule has 0 atom stereocenters. The van der Waals surface area contributed by atoms with E-state index in [9.17, 15) is 4.39 Å². The van der Waals surface area contributed by atoms with Gasteiger partial charge >= 0.3 is 0 Å². The van der Waals surface area contributed by atoms with Gasteiger partial charge in [-0.3, -0.25) is 0 Å². The van der Waals surface area contributed by atoms with Gasteiger partial charge in [0.05, 0.1) is 12.1 Å². The zero-order valence-electron chi connectivity index (χ0n) is 15.0. The molecule has 3 aromatic rings. The van der Waals surface area contributed by atoms with E-state index in [-0.39, 0.29) is 12.4 Å². The number of rotatable bonds is 8. The normalized spacial score (nSPS) is 10.6. The Kier molecular flexibility index (Phi) is 6.69. The third-order valence-electron chi connectivity index (χ3n) is 4.19. The van der Waals surface area contributed by atoms with Crippen LogP contribution in [-0.4, -0.2) is 7.11 Å². The molecular formula is C22H21ClFNO2. The highest BCUT2D eigenvalue weighted by molar-refractivity contribution is 6.31. The van der Waals surface area contributed by atoms with E-state index in [1.807, 2.05) is 48.5 Å². The molecule has 0 fully saturated rings. The Morgan fingerprint density at radius 3 is 2.00 bits per heavy atom. The molecule has 0 aliphatic heterocycles. The molecule has 0 unspecified atom stereocenters. The van der Waals surface area contributed by atoms with E-state index in [0.29, 0.717) is 16.3 Å². The van der Waals surface area contributed by atoms with Gasteiger partial charge in [-0.1, -0.05) is 41.9 Å². The average molecular weight is 386 g/mol. The van der Waals surface area contributed by atoms with E-state index in [2.05, 4.69) is 5.32 Å². The lowest BCUT2D eigenvalue weighted by atomic mass is 10.2. The Hall–Kier alpha value is -2.56. The first kappa shape index (κ1) is 19.2. The minimum absolute atomic E-state index is 0.0978. The lowest BCUT2D eigenvalue weighted by Gasteiger charge is -2.10. The van der Waals surface area contributed by atoms with Gasteiger partial charge in [-0.2, -0.15) is 0 Å². The predicted molar refractivity (Wildman–Crippen MR) is 106 cm³/mol. The van der Waals surface area contributed by atoms with Gasteiger partial charge in [0.15, 0.2) is 0 Å². The van der Waals surface area contributed by atoms with Crippen molar-refractivity contribution in [3.05, 3.63) is 94.3 Å². The third-order valence-corrected chi connectivity index (χ3v) is 4.54. The number of benzene rings is 3. The fraction of sp³-hybridized carbons (Fsp3) is 0.182. The number of methoxy groups -OCH3 is 1. The third kappa shape index (κ3) is 5.46. The van der Waals surface area contributed by atoms with Crippen molar-refractivity contribution >= 4 is 11.6 Å². The second kappa shape index (κ2) is 9.40. The minimum Gasteiger partial charge on any atom is -0.497 e. The van der Waals surface area contributed by atoms with Crippen molar-refractivity contribution in [2.75, 3.05) is 7.11 Å². The zero-order chi connectivity index (χ0) is 19.1. The monoisotopic (exact) mass is 385 g/mol. The van der Waals surface area contributed by atoms with E-state index in [0.717, 1.165) is 24.4 Å². The Bertz CT molecular complexity index is 846. The number of nitrogens with one attached hydrogen (secondary N) is 1. The van der Waals surface area contributed by atoms with Crippen molar-refractivity contribution in [1.29, 1.82) is 0 Å². The van der Waals surface area contributed by atoms with Crippen molar-refractivity contribution in [2.45, 2.75) is 19.7 Å². The standard InChI is InChI=1S/C22H21ClFNO2/c1-26-18-9-5-16(6-10-18)13-25-14-17-7-11-19(12-8-17)27-15-20-21(23)3-2-4-22(20)24/h2-12,25H,13-15H2,1H3. The van der Waals surface area contributed by atoms with Gasteiger partial charge in [0.2, 0.25) is 0 Å². The second-order valence-electron chi connectivity index (χ2n) is 6.08. The number of ether oxygens (including phenoxy) is 2. The quantitative estimate of drug-likeness (QED) is 0.566. The van der Waals surface area contributed by atoms with Gasteiger partial charge in [0.25, 0.3) is 0 Å². The molecule has 0 bridgehead atoms. The molecule has 0 saturated heterocycles. The van der Waals surface area contributed by atoms with Crippen LogP contribution in [0.5, 0.6) is 11.5 Å². The summed E-state index contributed by atoms with van der Waals surface area (Å²) in [6, 6.07) is 20.3. The molecule has 3 aromatic carbocycles. The Morgan fingerprint density at radius 1 is 0.852 bits per heavy atom. The largest absolute Gasteiger partial charge is 0.497 e. The SMILES string of the molecule is COc1ccc(CNCc2ccc(OCc3c(F)cccc3Cl)cc2)cc1. The van der Waals surface area contributed by atoms with Gasteiger partial charge in [0.1, 0.15) is 23.9 Å². The molecule has 0 amide bonds. The summed E-state index contributed by atoms with van der Waals surface area (Å²) in [5.41, 5.74) is 2.70. The number of hydrogen-bond donors (Lipinski definition) is 1. The fourth-order valence-electron chi connectivity index (χ4n) is 2.62. The molecule has 0 aliphatic carbocycles. The van der Waals surface area contributed by atoms with Crippen molar-refractivity contribution in [2.24, 2.45) is 0 Å². The summed E-state index contributed by atoms with van der Waals surface area (Å²) in [7, 11) is 1.66. The molecule has 3 nitrogen and oxygen atoms in total. The molecular weight excluding hydrogens is 365 g/mol. The fourth-order valence-corrected chi connectivity index (χ4v) is 2.84. The smallest absolute Gasteiger partial charge is 0.131 e. The van der Waals surface area contributed by atoms with Gasteiger partial charge in [0, 0.05) is 18.7 Å². The maximum Gasteiger partial charge on any atom is 0.131 e. The Labute approximate surface area is 163 Å². The van der Waals surface area contributed by atoms with Gasteiger partial charge in [-0.15, -0.1) is 0 Å². The topological polar surface area (TPSA) is 30.5 Å². The summed E-state index contributed by atoms with van der Waals surface area (Å²) in [6.07, 6.45) is 0. The molecule has 0 aliphatic rings. The van der Waals surface area contributed by atoms with E-state index in [1.54, 1.807) is 19.2 Å². The van der Waals surface area contributed by atoms with Crippen LogP contribution in [-0.2, 0) is 19.7 Å². The van der Waals surface area contributed by atoms with Crippen LogP contribution in [0.2, 0.25) is 5.02 Å². The maximum absolute atomic E-state index is 13.8. The van der Waals surface area contributed by atoms with Gasteiger partial charge in [-0.25, -0.2) is 4.39 Å². The molecule has 0 saturated carbocycles. The molecule has 5 heteroatoms. The van der Waals surface area contributed by atoms with Crippen molar-refractivity contribution in [3.8, 4) is 11.5 Å². The van der Waals surface area contributed by atoms with Crippen LogP contribution in [0.3, 0.4) is 0 Å². The van der Waals surface area contributed by atoms with Crippen LogP contribution >= 0.6 is 11.6 Å². The number of halogens is 2. The average Bonchev–Trinajstić information content (AvgIpc) is 2.69. The minimum atomic E-state index is -0.359. The number of hydrogen-bond acceptors (Lipinski definition) is 3. The summed E-state index contributed by atoms with van der Waals surface area (Å²) in [6.45, 7) is 1.61. The highest BCUT2D eigenvalue weighted by Gasteiger charge is 2.07. The summed E-state index contributed by atoms with van der Waals surface area (Å²) in [4.78, 5) is 0. The Balaban J connectivity index is 1.48.